The van der Waals surface area contributed by atoms with Crippen LogP contribution < -0.4 is 5.32 Å². The van der Waals surface area contributed by atoms with Gasteiger partial charge < -0.3 is 9.84 Å². The Hall–Kier alpha value is -1.33. The van der Waals surface area contributed by atoms with Gasteiger partial charge in [-0.3, -0.25) is 5.32 Å². The Morgan fingerprint density at radius 2 is 2.50 bits per heavy atom. The summed E-state index contributed by atoms with van der Waals surface area (Å²) in [6.07, 6.45) is 0.825. The number of nitrogens with one attached hydrogen (secondary N) is 1. The highest BCUT2D eigenvalue weighted by molar-refractivity contribution is 6.29. The summed E-state index contributed by atoms with van der Waals surface area (Å²) >= 11 is 5.59. The van der Waals surface area contributed by atoms with Gasteiger partial charge in [-0.2, -0.15) is 0 Å². The molecule has 1 heterocycles. The number of anilines is 1. The van der Waals surface area contributed by atoms with E-state index in [1.165, 1.54) is 12.3 Å². The van der Waals surface area contributed by atoms with E-state index in [-0.39, 0.29) is 18.4 Å². The van der Waals surface area contributed by atoms with Gasteiger partial charge in [0.15, 0.2) is 0 Å². The van der Waals surface area contributed by atoms with Crippen molar-refractivity contribution >= 4 is 23.4 Å². The summed E-state index contributed by atoms with van der Waals surface area (Å²) in [5.74, 6) is 0. The average Bonchev–Trinajstić information content (AvgIpc) is 2.15. The van der Waals surface area contributed by atoms with Crippen LogP contribution in [-0.4, -0.2) is 29.4 Å². The Balaban J connectivity index is 2.47. The zero-order chi connectivity index (χ0) is 10.4. The number of aliphatic hydroxyl groups excluding tert-OH is 1. The van der Waals surface area contributed by atoms with Crippen LogP contribution in [0.5, 0.6) is 0 Å². The highest BCUT2D eigenvalue weighted by Crippen LogP contribution is 2.11. The molecular formula is C8H9ClN2O3. The molecule has 0 saturated carbocycles. The van der Waals surface area contributed by atoms with Crippen molar-refractivity contribution in [3.63, 3.8) is 0 Å². The van der Waals surface area contributed by atoms with Gasteiger partial charge in [-0.15, -0.1) is 0 Å². The Kier molecular flexibility index (Phi) is 4.15. The summed E-state index contributed by atoms with van der Waals surface area (Å²) in [7, 11) is 0. The molecule has 0 saturated heterocycles. The van der Waals surface area contributed by atoms with Crippen molar-refractivity contribution in [1.82, 2.24) is 4.98 Å². The standard InChI is InChI=1S/C8H9ClN2O3/c9-7-5-6(1-2-10-7)11-8(13)14-4-3-12/h1-2,5,12H,3-4H2,(H,10,11,13). The molecule has 1 rings (SSSR count). The lowest BCUT2D eigenvalue weighted by molar-refractivity contribution is 0.131. The van der Waals surface area contributed by atoms with Gasteiger partial charge in [0.1, 0.15) is 11.8 Å². The molecule has 1 amide bonds. The maximum atomic E-state index is 11.0. The number of halogens is 1. The molecule has 0 aliphatic carbocycles. The van der Waals surface area contributed by atoms with Crippen LogP contribution in [0.15, 0.2) is 18.3 Å². The predicted molar refractivity (Wildman–Crippen MR) is 51.3 cm³/mol. The van der Waals surface area contributed by atoms with Gasteiger partial charge in [0.25, 0.3) is 0 Å². The summed E-state index contributed by atoms with van der Waals surface area (Å²) < 4.78 is 4.57. The Morgan fingerprint density at radius 1 is 1.71 bits per heavy atom. The molecule has 0 aromatic carbocycles. The van der Waals surface area contributed by atoms with E-state index >= 15 is 0 Å². The molecule has 0 aliphatic rings. The van der Waals surface area contributed by atoms with Gasteiger partial charge in [-0.25, -0.2) is 9.78 Å². The van der Waals surface area contributed by atoms with E-state index in [1.54, 1.807) is 6.07 Å². The van der Waals surface area contributed by atoms with Crippen LogP contribution in [0.25, 0.3) is 0 Å². The van der Waals surface area contributed by atoms with E-state index in [9.17, 15) is 4.79 Å². The first kappa shape index (κ1) is 10.7. The highest BCUT2D eigenvalue weighted by atomic mass is 35.5. The third kappa shape index (κ3) is 3.59. The minimum absolute atomic E-state index is 0.0371. The van der Waals surface area contributed by atoms with Crippen LogP contribution in [0.2, 0.25) is 5.15 Å². The van der Waals surface area contributed by atoms with Crippen LogP contribution in [0.4, 0.5) is 10.5 Å². The quantitative estimate of drug-likeness (QED) is 0.747. The summed E-state index contributed by atoms with van der Waals surface area (Å²) in [5, 5.41) is 11.1. The fourth-order valence-corrected chi connectivity index (χ4v) is 0.946. The third-order valence-corrected chi connectivity index (χ3v) is 1.50. The monoisotopic (exact) mass is 216 g/mol. The lowest BCUT2D eigenvalue weighted by Crippen LogP contribution is -2.15. The Morgan fingerprint density at radius 3 is 3.14 bits per heavy atom. The topological polar surface area (TPSA) is 71.5 Å². The van der Waals surface area contributed by atoms with Crippen LogP contribution in [-0.2, 0) is 4.74 Å². The smallest absolute Gasteiger partial charge is 0.411 e. The number of carbonyl (C=O) groups excluding carboxylic acids is 1. The average molecular weight is 217 g/mol. The molecule has 0 aliphatic heterocycles. The predicted octanol–water partition coefficient (Wildman–Crippen LogP) is 1.28. The number of amides is 1. The van der Waals surface area contributed by atoms with Gasteiger partial charge in [0.05, 0.1) is 6.61 Å². The number of rotatable bonds is 3. The summed E-state index contributed by atoms with van der Waals surface area (Å²) in [6.45, 7) is -0.241. The number of hydrogen-bond donors (Lipinski definition) is 2. The van der Waals surface area contributed by atoms with Crippen molar-refractivity contribution in [2.45, 2.75) is 0 Å². The first-order valence-corrected chi connectivity index (χ1v) is 4.26. The number of hydrogen-bond acceptors (Lipinski definition) is 4. The molecule has 0 atom stereocenters. The molecule has 6 heteroatoms. The van der Waals surface area contributed by atoms with Crippen LogP contribution in [0.3, 0.4) is 0 Å². The van der Waals surface area contributed by atoms with Gasteiger partial charge in [-0.1, -0.05) is 11.6 Å². The van der Waals surface area contributed by atoms with E-state index in [0.717, 1.165) is 0 Å². The molecule has 0 radical (unpaired) electrons. The van der Waals surface area contributed by atoms with Crippen molar-refractivity contribution in [3.8, 4) is 0 Å². The van der Waals surface area contributed by atoms with E-state index < -0.39 is 6.09 Å². The first-order valence-electron chi connectivity index (χ1n) is 3.88. The van der Waals surface area contributed by atoms with Crippen molar-refractivity contribution < 1.29 is 14.6 Å². The van der Waals surface area contributed by atoms with Crippen LogP contribution >= 0.6 is 11.6 Å². The highest BCUT2D eigenvalue weighted by Gasteiger charge is 2.02. The molecule has 0 bridgehead atoms. The zero-order valence-electron chi connectivity index (χ0n) is 7.24. The van der Waals surface area contributed by atoms with Crippen molar-refractivity contribution in [2.24, 2.45) is 0 Å². The molecule has 76 valence electrons. The molecule has 0 spiro atoms. The Bertz CT molecular complexity index is 319. The summed E-state index contributed by atoms with van der Waals surface area (Å²) in [5.41, 5.74) is 0.493. The molecule has 1 aromatic rings. The normalized spacial score (nSPS) is 9.57. The molecule has 0 fully saturated rings. The van der Waals surface area contributed by atoms with Crippen molar-refractivity contribution in [3.05, 3.63) is 23.5 Å². The number of nitrogens with zero attached hydrogens (tertiary/aromatic N) is 1. The van der Waals surface area contributed by atoms with E-state index in [4.69, 9.17) is 16.7 Å². The molecular weight excluding hydrogens is 208 g/mol. The maximum Gasteiger partial charge on any atom is 0.411 e. The van der Waals surface area contributed by atoms with Crippen molar-refractivity contribution in [1.29, 1.82) is 0 Å². The number of pyridine rings is 1. The largest absolute Gasteiger partial charge is 0.447 e. The summed E-state index contributed by atoms with van der Waals surface area (Å²) in [4.78, 5) is 14.7. The fraction of sp³-hybridized carbons (Fsp3) is 0.250. The second-order valence-electron chi connectivity index (χ2n) is 2.35. The minimum Gasteiger partial charge on any atom is -0.447 e. The SMILES string of the molecule is O=C(Nc1ccnc(Cl)c1)OCCO. The number of aromatic nitrogens is 1. The second-order valence-corrected chi connectivity index (χ2v) is 2.74. The Labute approximate surface area is 85.7 Å². The molecule has 1 aromatic heterocycles. The van der Waals surface area contributed by atoms with E-state index in [1.807, 2.05) is 0 Å². The van der Waals surface area contributed by atoms with Crippen LogP contribution in [0.1, 0.15) is 0 Å². The first-order chi connectivity index (χ1) is 6.72. The van der Waals surface area contributed by atoms with Crippen LogP contribution in [0, 0.1) is 0 Å². The van der Waals surface area contributed by atoms with Gasteiger partial charge in [-0.05, 0) is 12.1 Å². The lowest BCUT2D eigenvalue weighted by atomic mass is 10.4. The van der Waals surface area contributed by atoms with E-state index in [2.05, 4.69) is 15.0 Å². The zero-order valence-corrected chi connectivity index (χ0v) is 7.99. The third-order valence-electron chi connectivity index (χ3n) is 1.30. The molecule has 2 N–H and O–H groups in total. The maximum absolute atomic E-state index is 11.0. The second kappa shape index (κ2) is 5.41. The number of carbonyl (C=O) groups is 1. The van der Waals surface area contributed by atoms with Gasteiger partial charge >= 0.3 is 6.09 Å². The van der Waals surface area contributed by atoms with Gasteiger partial charge in [0, 0.05) is 11.9 Å². The molecule has 0 unspecified atom stereocenters. The number of aliphatic hydroxyl groups is 1. The van der Waals surface area contributed by atoms with Crippen molar-refractivity contribution in [2.75, 3.05) is 18.5 Å². The molecule has 14 heavy (non-hydrogen) atoms. The number of ether oxygens (including phenoxy) is 1. The minimum atomic E-state index is -0.638. The molecule has 5 nitrogen and oxygen atoms in total. The lowest BCUT2D eigenvalue weighted by Gasteiger charge is -2.05. The fourth-order valence-electron chi connectivity index (χ4n) is 0.772. The van der Waals surface area contributed by atoms with E-state index in [0.29, 0.717) is 5.69 Å². The van der Waals surface area contributed by atoms with Gasteiger partial charge in [0.2, 0.25) is 0 Å². The summed E-state index contributed by atoms with van der Waals surface area (Å²) in [6, 6.07) is 3.06.